The maximum absolute atomic E-state index is 12.7. The molecule has 1 aromatic carbocycles. The van der Waals surface area contributed by atoms with Crippen molar-refractivity contribution in [2.24, 2.45) is 0 Å². The van der Waals surface area contributed by atoms with Gasteiger partial charge in [0.2, 0.25) is 0 Å². The van der Waals surface area contributed by atoms with Crippen LogP contribution in [0.1, 0.15) is 47.9 Å². The summed E-state index contributed by atoms with van der Waals surface area (Å²) in [4.78, 5) is 14.4. The smallest absolute Gasteiger partial charge is 0.274 e. The Morgan fingerprint density at radius 2 is 1.91 bits per heavy atom. The van der Waals surface area contributed by atoms with Gasteiger partial charge in [0.1, 0.15) is 0 Å². The predicted molar refractivity (Wildman–Crippen MR) is 92.5 cm³/mol. The molecule has 1 amide bonds. The number of benzene rings is 1. The van der Waals surface area contributed by atoms with Crippen LogP contribution in [-0.4, -0.2) is 34.2 Å². The fourth-order valence-electron chi connectivity index (χ4n) is 3.07. The molecule has 0 spiro atoms. The number of rotatable bonds is 3. The number of amides is 1. The number of fused-ring (bicyclic) bond motifs is 1. The van der Waals surface area contributed by atoms with Crippen LogP contribution in [0.15, 0.2) is 24.3 Å². The summed E-state index contributed by atoms with van der Waals surface area (Å²) >= 11 is 5.99. The molecule has 1 heterocycles. The SMILES string of the molecule is CCN(C)C(=O)c1nn(-c2ccc(Cl)cc2)c2c1CCCCC2. The summed E-state index contributed by atoms with van der Waals surface area (Å²) < 4.78 is 1.94. The topological polar surface area (TPSA) is 38.1 Å². The molecule has 0 radical (unpaired) electrons. The van der Waals surface area contributed by atoms with Gasteiger partial charge in [-0.1, -0.05) is 18.0 Å². The molecular formula is C18H22ClN3O. The number of halogens is 1. The molecule has 0 saturated carbocycles. The molecule has 0 N–H and O–H groups in total. The number of aromatic nitrogens is 2. The molecule has 122 valence electrons. The first-order valence-electron chi connectivity index (χ1n) is 8.24. The van der Waals surface area contributed by atoms with Crippen molar-refractivity contribution in [2.45, 2.75) is 39.0 Å². The summed E-state index contributed by atoms with van der Waals surface area (Å²) in [6.07, 6.45) is 5.36. The number of carbonyl (C=O) groups is 1. The number of hydrogen-bond acceptors (Lipinski definition) is 2. The van der Waals surface area contributed by atoms with E-state index in [0.29, 0.717) is 17.3 Å². The molecule has 0 saturated heterocycles. The number of nitrogens with zero attached hydrogens (tertiary/aromatic N) is 3. The van der Waals surface area contributed by atoms with E-state index in [2.05, 4.69) is 5.10 Å². The van der Waals surface area contributed by atoms with Crippen molar-refractivity contribution < 1.29 is 4.79 Å². The van der Waals surface area contributed by atoms with Crippen molar-refractivity contribution in [1.29, 1.82) is 0 Å². The van der Waals surface area contributed by atoms with E-state index in [4.69, 9.17) is 11.6 Å². The van der Waals surface area contributed by atoms with Gasteiger partial charge in [0.15, 0.2) is 5.69 Å². The highest BCUT2D eigenvalue weighted by Crippen LogP contribution is 2.27. The number of hydrogen-bond donors (Lipinski definition) is 0. The summed E-state index contributed by atoms with van der Waals surface area (Å²) in [6.45, 7) is 2.66. The third kappa shape index (κ3) is 3.13. The largest absolute Gasteiger partial charge is 0.341 e. The zero-order chi connectivity index (χ0) is 16.4. The van der Waals surface area contributed by atoms with E-state index in [0.717, 1.165) is 36.9 Å². The molecule has 2 aromatic rings. The van der Waals surface area contributed by atoms with Crippen molar-refractivity contribution in [2.75, 3.05) is 13.6 Å². The van der Waals surface area contributed by atoms with Crippen LogP contribution in [0.5, 0.6) is 0 Å². The average molecular weight is 332 g/mol. The van der Waals surface area contributed by atoms with Gasteiger partial charge in [0.05, 0.1) is 5.69 Å². The highest BCUT2D eigenvalue weighted by molar-refractivity contribution is 6.30. The Morgan fingerprint density at radius 3 is 2.61 bits per heavy atom. The highest BCUT2D eigenvalue weighted by Gasteiger charge is 2.26. The van der Waals surface area contributed by atoms with Crippen LogP contribution in [0.3, 0.4) is 0 Å². The fraction of sp³-hybridized carbons (Fsp3) is 0.444. The maximum Gasteiger partial charge on any atom is 0.274 e. The zero-order valence-corrected chi connectivity index (χ0v) is 14.4. The van der Waals surface area contributed by atoms with Gasteiger partial charge in [0, 0.05) is 29.9 Å². The van der Waals surface area contributed by atoms with Crippen LogP contribution in [0.2, 0.25) is 5.02 Å². The van der Waals surface area contributed by atoms with Gasteiger partial charge in [-0.15, -0.1) is 0 Å². The Hall–Kier alpha value is -1.81. The van der Waals surface area contributed by atoms with Crippen LogP contribution in [0.25, 0.3) is 5.69 Å². The summed E-state index contributed by atoms with van der Waals surface area (Å²) in [5, 5.41) is 5.39. The third-order valence-corrected chi connectivity index (χ3v) is 4.78. The van der Waals surface area contributed by atoms with Gasteiger partial charge in [-0.2, -0.15) is 5.10 Å². The molecule has 3 rings (SSSR count). The Morgan fingerprint density at radius 1 is 1.22 bits per heavy atom. The molecule has 0 atom stereocenters. The van der Waals surface area contributed by atoms with E-state index < -0.39 is 0 Å². The Bertz CT molecular complexity index is 706. The van der Waals surface area contributed by atoms with Gasteiger partial charge in [-0.25, -0.2) is 4.68 Å². The lowest BCUT2D eigenvalue weighted by Crippen LogP contribution is -2.27. The molecule has 4 nitrogen and oxygen atoms in total. The Labute approximate surface area is 142 Å². The molecular weight excluding hydrogens is 310 g/mol. The van der Waals surface area contributed by atoms with Crippen LogP contribution < -0.4 is 0 Å². The van der Waals surface area contributed by atoms with Crippen molar-refractivity contribution in [3.8, 4) is 5.69 Å². The van der Waals surface area contributed by atoms with E-state index in [1.165, 1.54) is 12.1 Å². The first kappa shape index (κ1) is 16.1. The second-order valence-corrected chi connectivity index (χ2v) is 6.48. The lowest BCUT2D eigenvalue weighted by atomic mass is 10.1. The summed E-state index contributed by atoms with van der Waals surface area (Å²) in [5.74, 6) is 0.0124. The molecule has 1 aliphatic carbocycles. The second-order valence-electron chi connectivity index (χ2n) is 6.04. The lowest BCUT2D eigenvalue weighted by molar-refractivity contribution is 0.0795. The Kier molecular flexibility index (Phi) is 4.71. The minimum Gasteiger partial charge on any atom is -0.341 e. The van der Waals surface area contributed by atoms with Gasteiger partial charge in [-0.3, -0.25) is 4.79 Å². The van der Waals surface area contributed by atoms with Gasteiger partial charge in [0.25, 0.3) is 5.91 Å². The van der Waals surface area contributed by atoms with Crippen LogP contribution in [0.4, 0.5) is 0 Å². The summed E-state index contributed by atoms with van der Waals surface area (Å²) in [6, 6.07) is 7.64. The predicted octanol–water partition coefficient (Wildman–Crippen LogP) is 3.89. The molecule has 0 bridgehead atoms. The maximum atomic E-state index is 12.7. The molecule has 0 fully saturated rings. The van der Waals surface area contributed by atoms with Crippen LogP contribution in [0, 0.1) is 0 Å². The van der Waals surface area contributed by atoms with Crippen LogP contribution in [-0.2, 0) is 12.8 Å². The molecule has 23 heavy (non-hydrogen) atoms. The minimum atomic E-state index is 0.0124. The molecule has 0 unspecified atom stereocenters. The Balaban J connectivity index is 2.11. The normalized spacial score (nSPS) is 14.2. The monoisotopic (exact) mass is 331 g/mol. The standard InChI is InChI=1S/C18H22ClN3O/c1-3-21(2)18(23)17-15-7-5-4-6-8-16(15)22(20-17)14-11-9-13(19)10-12-14/h9-12H,3-8H2,1-2H3. The molecule has 1 aromatic heterocycles. The zero-order valence-electron chi connectivity index (χ0n) is 13.7. The van der Waals surface area contributed by atoms with Gasteiger partial charge >= 0.3 is 0 Å². The molecule has 0 aliphatic heterocycles. The van der Waals surface area contributed by atoms with Gasteiger partial charge in [-0.05, 0) is 56.9 Å². The molecule has 1 aliphatic rings. The van der Waals surface area contributed by atoms with E-state index in [-0.39, 0.29) is 5.91 Å². The first-order chi connectivity index (χ1) is 11.1. The van der Waals surface area contributed by atoms with E-state index in [9.17, 15) is 4.79 Å². The highest BCUT2D eigenvalue weighted by atomic mass is 35.5. The van der Waals surface area contributed by atoms with Crippen molar-refractivity contribution in [3.05, 3.63) is 46.2 Å². The van der Waals surface area contributed by atoms with E-state index >= 15 is 0 Å². The lowest BCUT2D eigenvalue weighted by Gasteiger charge is -2.13. The van der Waals surface area contributed by atoms with Crippen LogP contribution >= 0.6 is 11.6 Å². The second kappa shape index (κ2) is 6.75. The van der Waals surface area contributed by atoms with E-state index in [1.54, 1.807) is 4.90 Å². The van der Waals surface area contributed by atoms with Crippen molar-refractivity contribution >= 4 is 17.5 Å². The fourth-order valence-corrected chi connectivity index (χ4v) is 3.19. The third-order valence-electron chi connectivity index (χ3n) is 4.53. The van der Waals surface area contributed by atoms with Crippen molar-refractivity contribution in [1.82, 2.24) is 14.7 Å². The minimum absolute atomic E-state index is 0.0124. The first-order valence-corrected chi connectivity index (χ1v) is 8.61. The van der Waals surface area contributed by atoms with E-state index in [1.807, 2.05) is 42.9 Å². The molecule has 5 heteroatoms. The quantitative estimate of drug-likeness (QED) is 0.800. The summed E-state index contributed by atoms with van der Waals surface area (Å²) in [5.41, 5.74) is 3.88. The van der Waals surface area contributed by atoms with Crippen molar-refractivity contribution in [3.63, 3.8) is 0 Å². The summed E-state index contributed by atoms with van der Waals surface area (Å²) in [7, 11) is 1.83. The average Bonchev–Trinajstić information content (AvgIpc) is 2.76. The van der Waals surface area contributed by atoms with Gasteiger partial charge < -0.3 is 4.90 Å². The number of carbonyl (C=O) groups excluding carboxylic acids is 1.